The molecule has 3 aliphatic carbocycles. The minimum Gasteiger partial charge on any atom is -0.487 e. The maximum atomic E-state index is 6.57. The third kappa shape index (κ3) is 2.40. The molecule has 0 saturated heterocycles. The van der Waals surface area contributed by atoms with Crippen LogP contribution in [0.1, 0.15) is 61.9 Å². The first-order valence-corrected chi connectivity index (χ1v) is 10.3. The first-order chi connectivity index (χ1) is 10.6. The molecule has 2 bridgehead atoms. The molecular weight excluding hydrogens is 383 g/mol. The van der Waals surface area contributed by atoms with Crippen LogP contribution in [0.3, 0.4) is 0 Å². The van der Waals surface area contributed by atoms with Crippen LogP contribution < -0.4 is 4.74 Å². The van der Waals surface area contributed by atoms with E-state index in [1.54, 1.807) is 0 Å². The molecule has 3 fully saturated rings. The van der Waals surface area contributed by atoms with E-state index in [0.29, 0.717) is 3.92 Å². The molecule has 3 aliphatic rings. The summed E-state index contributed by atoms with van der Waals surface area (Å²) < 4.78 is 7.19. The zero-order valence-corrected chi connectivity index (χ0v) is 15.9. The molecule has 3 saturated carbocycles. The Bertz CT molecular complexity index is 539. The summed E-state index contributed by atoms with van der Waals surface area (Å²) in [5.74, 6) is 4.82. The molecule has 22 heavy (non-hydrogen) atoms. The van der Waals surface area contributed by atoms with Crippen molar-refractivity contribution < 1.29 is 4.74 Å². The molecule has 0 aliphatic heterocycles. The van der Waals surface area contributed by atoms with Crippen molar-refractivity contribution in [3.05, 3.63) is 29.8 Å². The molecule has 0 N–H and O–H groups in total. The molecule has 0 aromatic heterocycles. The Morgan fingerprint density at radius 3 is 2.68 bits per heavy atom. The molecule has 0 heterocycles. The van der Waals surface area contributed by atoms with Crippen molar-refractivity contribution in [2.75, 3.05) is 0 Å². The first kappa shape index (κ1) is 15.3. The summed E-state index contributed by atoms with van der Waals surface area (Å²) in [5.41, 5.74) is 1.51. The second-order valence-electron chi connectivity index (χ2n) is 7.92. The van der Waals surface area contributed by atoms with Crippen molar-refractivity contribution >= 4 is 22.6 Å². The van der Waals surface area contributed by atoms with Gasteiger partial charge in [-0.05, 0) is 74.5 Å². The molecule has 1 aromatic rings. The fraction of sp³-hybridized carbons (Fsp3) is 0.700. The number of ether oxygens (including phenoxy) is 1. The quantitative estimate of drug-likeness (QED) is 0.426. The van der Waals surface area contributed by atoms with E-state index >= 15 is 0 Å². The molecule has 0 spiro atoms. The largest absolute Gasteiger partial charge is 0.487 e. The summed E-state index contributed by atoms with van der Waals surface area (Å²) in [7, 11) is 0. The SMILES string of the molecule is CCC(I)c1ccc(OC2(C)CC3CC2C2CCCC32)cc1. The number of hydrogen-bond acceptors (Lipinski definition) is 1. The Kier molecular flexibility index (Phi) is 3.95. The van der Waals surface area contributed by atoms with Gasteiger partial charge in [-0.3, -0.25) is 0 Å². The third-order valence-corrected chi connectivity index (χ3v) is 8.31. The predicted molar refractivity (Wildman–Crippen MR) is 99.6 cm³/mol. The Morgan fingerprint density at radius 1 is 1.23 bits per heavy atom. The smallest absolute Gasteiger partial charge is 0.120 e. The first-order valence-electron chi connectivity index (χ1n) is 9.04. The molecular formula is C20H27IO. The second-order valence-corrected chi connectivity index (χ2v) is 9.43. The average molecular weight is 410 g/mol. The van der Waals surface area contributed by atoms with Crippen LogP contribution in [0, 0.1) is 23.7 Å². The summed E-state index contributed by atoms with van der Waals surface area (Å²) in [6.45, 7) is 4.63. The van der Waals surface area contributed by atoms with E-state index in [1.807, 2.05) is 0 Å². The molecule has 0 amide bonds. The zero-order valence-electron chi connectivity index (χ0n) is 13.7. The van der Waals surface area contributed by atoms with Gasteiger partial charge in [0.25, 0.3) is 0 Å². The highest BCUT2D eigenvalue weighted by molar-refractivity contribution is 14.1. The van der Waals surface area contributed by atoms with Gasteiger partial charge in [-0.2, -0.15) is 0 Å². The summed E-state index contributed by atoms with van der Waals surface area (Å²) in [4.78, 5) is 0. The summed E-state index contributed by atoms with van der Waals surface area (Å²) in [6, 6.07) is 8.90. The molecule has 6 atom stereocenters. The van der Waals surface area contributed by atoms with Crippen LogP contribution in [0.4, 0.5) is 0 Å². The third-order valence-electron chi connectivity index (χ3n) is 6.71. The Hall–Kier alpha value is -0.250. The summed E-state index contributed by atoms with van der Waals surface area (Å²) >= 11 is 2.53. The van der Waals surface area contributed by atoms with Crippen LogP contribution in [-0.2, 0) is 0 Å². The van der Waals surface area contributed by atoms with E-state index in [9.17, 15) is 0 Å². The average Bonchev–Trinajstić information content (AvgIpc) is 3.18. The molecule has 6 unspecified atom stereocenters. The minimum absolute atomic E-state index is 0.0895. The van der Waals surface area contributed by atoms with Gasteiger partial charge in [-0.25, -0.2) is 0 Å². The molecule has 0 radical (unpaired) electrons. The second kappa shape index (κ2) is 5.68. The van der Waals surface area contributed by atoms with Gasteiger partial charge in [0.15, 0.2) is 0 Å². The lowest BCUT2D eigenvalue weighted by molar-refractivity contribution is -0.00695. The number of rotatable bonds is 4. The van der Waals surface area contributed by atoms with Gasteiger partial charge in [0, 0.05) is 9.84 Å². The molecule has 1 nitrogen and oxygen atoms in total. The molecule has 1 aromatic carbocycles. The number of fused-ring (bicyclic) bond motifs is 5. The van der Waals surface area contributed by atoms with Crippen LogP contribution in [0.25, 0.3) is 0 Å². The van der Waals surface area contributed by atoms with Crippen molar-refractivity contribution in [1.82, 2.24) is 0 Å². The van der Waals surface area contributed by atoms with E-state index in [0.717, 1.165) is 29.4 Å². The lowest BCUT2D eigenvalue weighted by Gasteiger charge is -2.40. The van der Waals surface area contributed by atoms with Crippen molar-refractivity contribution in [1.29, 1.82) is 0 Å². The molecule has 120 valence electrons. The van der Waals surface area contributed by atoms with Gasteiger partial charge in [0.05, 0.1) is 0 Å². The number of hydrogen-bond donors (Lipinski definition) is 0. The highest BCUT2D eigenvalue weighted by Gasteiger charge is 2.60. The monoisotopic (exact) mass is 410 g/mol. The van der Waals surface area contributed by atoms with E-state index in [4.69, 9.17) is 4.74 Å². The van der Waals surface area contributed by atoms with Crippen molar-refractivity contribution in [2.24, 2.45) is 23.7 Å². The Balaban J connectivity index is 1.49. The van der Waals surface area contributed by atoms with Crippen molar-refractivity contribution in [3.63, 3.8) is 0 Å². The van der Waals surface area contributed by atoms with Gasteiger partial charge in [0.2, 0.25) is 0 Å². The van der Waals surface area contributed by atoms with E-state index in [1.165, 1.54) is 44.1 Å². The maximum Gasteiger partial charge on any atom is 0.120 e. The van der Waals surface area contributed by atoms with Crippen molar-refractivity contribution in [2.45, 2.75) is 61.9 Å². The maximum absolute atomic E-state index is 6.57. The summed E-state index contributed by atoms with van der Waals surface area (Å²) in [5, 5.41) is 0. The van der Waals surface area contributed by atoms with Gasteiger partial charge in [0.1, 0.15) is 11.4 Å². The minimum atomic E-state index is 0.0895. The number of alkyl halides is 1. The predicted octanol–water partition coefficient (Wildman–Crippen LogP) is 6.17. The van der Waals surface area contributed by atoms with Gasteiger partial charge < -0.3 is 4.74 Å². The fourth-order valence-corrected chi connectivity index (χ4v) is 6.17. The van der Waals surface area contributed by atoms with Crippen LogP contribution in [-0.4, -0.2) is 5.60 Å². The van der Waals surface area contributed by atoms with Gasteiger partial charge in [-0.15, -0.1) is 0 Å². The Morgan fingerprint density at radius 2 is 1.95 bits per heavy atom. The van der Waals surface area contributed by atoms with Crippen LogP contribution in [0.5, 0.6) is 5.75 Å². The Labute approximate surface area is 148 Å². The summed E-state index contributed by atoms with van der Waals surface area (Å²) in [6.07, 6.45) is 8.30. The fourth-order valence-electron chi connectivity index (χ4n) is 5.75. The normalized spacial score (nSPS) is 40.7. The van der Waals surface area contributed by atoms with E-state index in [2.05, 4.69) is 60.7 Å². The number of benzene rings is 1. The van der Waals surface area contributed by atoms with Gasteiger partial charge >= 0.3 is 0 Å². The van der Waals surface area contributed by atoms with E-state index < -0.39 is 0 Å². The van der Waals surface area contributed by atoms with Crippen LogP contribution >= 0.6 is 22.6 Å². The van der Waals surface area contributed by atoms with Crippen LogP contribution in [0.2, 0.25) is 0 Å². The van der Waals surface area contributed by atoms with E-state index in [-0.39, 0.29) is 5.60 Å². The lowest BCUT2D eigenvalue weighted by Crippen LogP contribution is -2.43. The molecule has 4 rings (SSSR count). The standard InChI is InChI=1S/C20H27IO/c1-3-19(21)13-7-9-15(10-8-13)22-20(2)12-14-11-18(20)17-6-4-5-16(14)17/h7-10,14,16-19H,3-6,11-12H2,1-2H3. The zero-order chi connectivity index (χ0) is 15.3. The van der Waals surface area contributed by atoms with Crippen LogP contribution in [0.15, 0.2) is 24.3 Å². The highest BCUT2D eigenvalue weighted by Crippen LogP contribution is 2.63. The topological polar surface area (TPSA) is 9.23 Å². The highest BCUT2D eigenvalue weighted by atomic mass is 127. The molecule has 2 heteroatoms. The lowest BCUT2D eigenvalue weighted by atomic mass is 9.73. The van der Waals surface area contributed by atoms with Gasteiger partial charge in [-0.1, -0.05) is 48.1 Å². The number of halogens is 1. The van der Waals surface area contributed by atoms with Crippen molar-refractivity contribution in [3.8, 4) is 5.75 Å².